The third kappa shape index (κ3) is 3.29. The van der Waals surface area contributed by atoms with Crippen LogP contribution in [0.2, 0.25) is 0 Å². The average Bonchev–Trinajstić information content (AvgIpc) is 2.37. The van der Waals surface area contributed by atoms with E-state index in [1.165, 1.54) is 13.0 Å². The van der Waals surface area contributed by atoms with Crippen LogP contribution in [0, 0.1) is 6.92 Å². The predicted octanol–water partition coefficient (Wildman–Crippen LogP) is 2.46. The van der Waals surface area contributed by atoms with Gasteiger partial charge in [0.1, 0.15) is 0 Å². The van der Waals surface area contributed by atoms with Gasteiger partial charge in [-0.15, -0.1) is 0 Å². The zero-order chi connectivity index (χ0) is 15.8. The number of piperazine rings is 1. The Labute approximate surface area is 120 Å². The van der Waals surface area contributed by atoms with Crippen molar-refractivity contribution in [3.05, 3.63) is 28.8 Å². The van der Waals surface area contributed by atoms with E-state index < -0.39 is 17.7 Å². The minimum Gasteiger partial charge on any atom is -0.478 e. The molecule has 0 aromatic heterocycles. The van der Waals surface area contributed by atoms with Crippen molar-refractivity contribution in [2.24, 2.45) is 0 Å². The lowest BCUT2D eigenvalue weighted by Gasteiger charge is -2.35. The molecule has 0 radical (unpaired) electrons. The van der Waals surface area contributed by atoms with Crippen molar-refractivity contribution in [1.29, 1.82) is 0 Å². The number of alkyl halides is 3. The first-order valence-corrected chi connectivity index (χ1v) is 6.59. The predicted molar refractivity (Wildman–Crippen MR) is 72.9 cm³/mol. The smallest absolute Gasteiger partial charge is 0.418 e. The van der Waals surface area contributed by atoms with Gasteiger partial charge in [0.15, 0.2) is 0 Å². The van der Waals surface area contributed by atoms with Crippen molar-refractivity contribution < 1.29 is 23.1 Å². The molecule has 2 rings (SSSR count). The minimum absolute atomic E-state index is 0.0677. The Morgan fingerprint density at radius 1 is 1.19 bits per heavy atom. The molecule has 1 aliphatic rings. The van der Waals surface area contributed by atoms with Crippen LogP contribution in [-0.2, 0) is 6.18 Å². The van der Waals surface area contributed by atoms with Gasteiger partial charge in [0.25, 0.3) is 0 Å². The maximum absolute atomic E-state index is 13.2. The fourth-order valence-corrected chi connectivity index (χ4v) is 2.46. The molecule has 1 fully saturated rings. The number of benzene rings is 1. The number of carboxylic acids is 1. The molecule has 1 aliphatic heterocycles. The lowest BCUT2D eigenvalue weighted by Crippen LogP contribution is -2.45. The Hall–Kier alpha value is -1.76. The average molecular weight is 302 g/mol. The molecule has 21 heavy (non-hydrogen) atoms. The van der Waals surface area contributed by atoms with E-state index >= 15 is 0 Å². The lowest BCUT2D eigenvalue weighted by molar-refractivity contribution is -0.137. The van der Waals surface area contributed by atoms with Gasteiger partial charge in [0.05, 0.1) is 11.1 Å². The zero-order valence-electron chi connectivity index (χ0n) is 11.9. The molecule has 1 aromatic carbocycles. The first-order chi connectivity index (χ1) is 9.70. The van der Waals surface area contributed by atoms with E-state index in [9.17, 15) is 18.0 Å². The van der Waals surface area contributed by atoms with Crippen molar-refractivity contribution in [2.45, 2.75) is 13.1 Å². The number of anilines is 1. The number of carboxylic acid groups (broad SMARTS) is 1. The van der Waals surface area contributed by atoms with E-state index in [1.54, 1.807) is 4.90 Å². The molecule has 7 heteroatoms. The number of carbonyl (C=O) groups is 1. The van der Waals surface area contributed by atoms with E-state index in [2.05, 4.69) is 0 Å². The Kier molecular flexibility index (Phi) is 4.13. The van der Waals surface area contributed by atoms with Crippen LogP contribution in [0.15, 0.2) is 12.1 Å². The van der Waals surface area contributed by atoms with Crippen LogP contribution in [0.25, 0.3) is 0 Å². The summed E-state index contributed by atoms with van der Waals surface area (Å²) in [5, 5.41) is 9.00. The third-order valence-electron chi connectivity index (χ3n) is 3.72. The fraction of sp³-hybridized carbons (Fsp3) is 0.500. The second-order valence-corrected chi connectivity index (χ2v) is 5.28. The second-order valence-electron chi connectivity index (χ2n) is 5.28. The van der Waals surface area contributed by atoms with Crippen LogP contribution in [-0.4, -0.2) is 49.2 Å². The molecular weight excluding hydrogens is 285 g/mol. The van der Waals surface area contributed by atoms with Crippen LogP contribution in [0.5, 0.6) is 0 Å². The van der Waals surface area contributed by atoms with Gasteiger partial charge in [-0.3, -0.25) is 0 Å². The van der Waals surface area contributed by atoms with E-state index in [4.69, 9.17) is 5.11 Å². The monoisotopic (exact) mass is 302 g/mol. The van der Waals surface area contributed by atoms with Crippen LogP contribution in [0.1, 0.15) is 21.5 Å². The first-order valence-electron chi connectivity index (χ1n) is 6.59. The van der Waals surface area contributed by atoms with E-state index in [1.807, 2.05) is 11.9 Å². The summed E-state index contributed by atoms with van der Waals surface area (Å²) in [4.78, 5) is 14.8. The number of hydrogen-bond acceptors (Lipinski definition) is 3. The molecule has 1 N–H and O–H groups in total. The maximum atomic E-state index is 13.2. The van der Waals surface area contributed by atoms with Crippen molar-refractivity contribution in [1.82, 2.24) is 4.90 Å². The minimum atomic E-state index is -4.57. The third-order valence-corrected chi connectivity index (χ3v) is 3.72. The second kappa shape index (κ2) is 5.55. The number of aromatic carboxylic acids is 1. The Balaban J connectivity index is 2.49. The number of aryl methyl sites for hydroxylation is 1. The van der Waals surface area contributed by atoms with E-state index in [0.29, 0.717) is 31.7 Å². The summed E-state index contributed by atoms with van der Waals surface area (Å²) in [6.07, 6.45) is -4.57. The molecule has 1 aromatic rings. The van der Waals surface area contributed by atoms with Gasteiger partial charge in [-0.05, 0) is 31.7 Å². The standard InChI is InChI=1S/C14H17F3N2O2/c1-9-7-12(19-5-3-18(2)4-6-19)11(14(15,16)17)8-10(9)13(20)21/h7-8H,3-6H2,1-2H3,(H,20,21). The van der Waals surface area contributed by atoms with Gasteiger partial charge < -0.3 is 14.9 Å². The highest BCUT2D eigenvalue weighted by Crippen LogP contribution is 2.38. The molecule has 0 unspecified atom stereocenters. The number of likely N-dealkylation sites (N-methyl/N-ethyl adjacent to an activating group) is 1. The molecule has 0 amide bonds. The quantitative estimate of drug-likeness (QED) is 0.911. The first kappa shape index (κ1) is 15.6. The number of halogens is 3. The number of hydrogen-bond donors (Lipinski definition) is 1. The van der Waals surface area contributed by atoms with Gasteiger partial charge in [0, 0.05) is 31.9 Å². The molecule has 1 heterocycles. The SMILES string of the molecule is Cc1cc(N2CCN(C)CC2)c(C(F)(F)F)cc1C(=O)O. The van der Waals surface area contributed by atoms with Gasteiger partial charge >= 0.3 is 12.1 Å². The molecule has 0 bridgehead atoms. The fourth-order valence-electron chi connectivity index (χ4n) is 2.46. The maximum Gasteiger partial charge on any atom is 0.418 e. The largest absolute Gasteiger partial charge is 0.478 e. The Bertz CT molecular complexity index is 550. The van der Waals surface area contributed by atoms with Crippen molar-refractivity contribution in [3.63, 3.8) is 0 Å². The van der Waals surface area contributed by atoms with Gasteiger partial charge in [-0.25, -0.2) is 4.79 Å². The summed E-state index contributed by atoms with van der Waals surface area (Å²) < 4.78 is 39.7. The van der Waals surface area contributed by atoms with Crippen molar-refractivity contribution in [3.8, 4) is 0 Å². The molecular formula is C14H17F3N2O2. The summed E-state index contributed by atoms with van der Waals surface area (Å²) in [7, 11) is 1.92. The topological polar surface area (TPSA) is 43.8 Å². The normalized spacial score (nSPS) is 17.1. The molecule has 1 saturated heterocycles. The molecule has 0 aliphatic carbocycles. The summed E-state index contributed by atoms with van der Waals surface area (Å²) in [6, 6.07) is 2.07. The highest BCUT2D eigenvalue weighted by atomic mass is 19.4. The van der Waals surface area contributed by atoms with Gasteiger partial charge in [-0.1, -0.05) is 0 Å². The summed E-state index contributed by atoms with van der Waals surface area (Å²) in [5.74, 6) is -1.34. The molecule has 116 valence electrons. The van der Waals surface area contributed by atoms with Crippen molar-refractivity contribution >= 4 is 11.7 Å². The van der Waals surface area contributed by atoms with Crippen LogP contribution < -0.4 is 4.90 Å². The summed E-state index contributed by atoms with van der Waals surface area (Å²) >= 11 is 0. The summed E-state index contributed by atoms with van der Waals surface area (Å²) in [6.45, 7) is 3.86. The Morgan fingerprint density at radius 3 is 2.24 bits per heavy atom. The van der Waals surface area contributed by atoms with Crippen LogP contribution in [0.3, 0.4) is 0 Å². The number of rotatable bonds is 2. The molecule has 0 spiro atoms. The van der Waals surface area contributed by atoms with Crippen LogP contribution in [0.4, 0.5) is 18.9 Å². The number of nitrogens with zero attached hydrogens (tertiary/aromatic N) is 2. The zero-order valence-corrected chi connectivity index (χ0v) is 11.9. The van der Waals surface area contributed by atoms with Gasteiger partial charge in [0.2, 0.25) is 0 Å². The van der Waals surface area contributed by atoms with Gasteiger partial charge in [-0.2, -0.15) is 13.2 Å². The molecule has 0 atom stereocenters. The van der Waals surface area contributed by atoms with E-state index in [-0.39, 0.29) is 11.3 Å². The highest BCUT2D eigenvalue weighted by molar-refractivity contribution is 5.90. The Morgan fingerprint density at radius 2 is 1.76 bits per heavy atom. The van der Waals surface area contributed by atoms with Crippen LogP contribution >= 0.6 is 0 Å². The van der Waals surface area contributed by atoms with E-state index in [0.717, 1.165) is 6.07 Å². The van der Waals surface area contributed by atoms with Crippen molar-refractivity contribution in [2.75, 3.05) is 38.1 Å². The summed E-state index contributed by atoms with van der Waals surface area (Å²) in [5.41, 5.74) is -0.780. The molecule has 0 saturated carbocycles. The molecule has 4 nitrogen and oxygen atoms in total. The lowest BCUT2D eigenvalue weighted by atomic mass is 10.0. The highest BCUT2D eigenvalue weighted by Gasteiger charge is 2.36.